The Hall–Kier alpha value is -1.82. The number of halogens is 1. The van der Waals surface area contributed by atoms with Crippen molar-refractivity contribution >= 4 is 39.2 Å². The van der Waals surface area contributed by atoms with Gasteiger partial charge in [-0.1, -0.05) is 12.1 Å². The summed E-state index contributed by atoms with van der Waals surface area (Å²) < 4.78 is 0.918. The van der Waals surface area contributed by atoms with Crippen LogP contribution >= 0.6 is 15.9 Å². The highest BCUT2D eigenvalue weighted by atomic mass is 79.9. The van der Waals surface area contributed by atoms with Gasteiger partial charge in [-0.05, 0) is 27.6 Å². The molecule has 1 aromatic carbocycles. The summed E-state index contributed by atoms with van der Waals surface area (Å²) in [6, 6.07) is 4.78. The van der Waals surface area contributed by atoms with Crippen molar-refractivity contribution in [2.45, 2.75) is 12.5 Å². The Balaban J connectivity index is 2.34. The molecule has 0 aliphatic heterocycles. The maximum Gasteiger partial charge on any atom is 0.326 e. The number of aliphatic carboxylic acids is 1. The molecule has 0 aliphatic rings. The number of aromatic nitrogens is 1. The third-order valence-electron chi connectivity index (χ3n) is 2.74. The molecule has 0 aliphatic carbocycles. The maximum absolute atomic E-state index is 11.0. The minimum absolute atomic E-state index is 0.241. The first kappa shape index (κ1) is 12.6. The summed E-state index contributed by atoms with van der Waals surface area (Å²) in [5.74, 6) is -1.05. The number of hydrogen-bond donors (Lipinski definition) is 3. The average Bonchev–Trinajstić information content (AvgIpc) is 2.73. The lowest BCUT2D eigenvalue weighted by molar-refractivity contribution is -0.140. The predicted octanol–water partition coefficient (Wildman–Crippen LogP) is 1.67. The molecule has 0 saturated heterocycles. The Labute approximate surface area is 111 Å². The smallest absolute Gasteiger partial charge is 0.326 e. The van der Waals surface area contributed by atoms with E-state index in [0.29, 0.717) is 6.41 Å². The number of nitrogens with one attached hydrogen (secondary N) is 2. The van der Waals surface area contributed by atoms with Crippen molar-refractivity contribution in [3.8, 4) is 0 Å². The van der Waals surface area contributed by atoms with Crippen molar-refractivity contribution in [3.05, 3.63) is 34.4 Å². The summed E-state index contributed by atoms with van der Waals surface area (Å²) in [5.41, 5.74) is 1.77. The van der Waals surface area contributed by atoms with E-state index in [-0.39, 0.29) is 6.42 Å². The van der Waals surface area contributed by atoms with E-state index in [0.717, 1.165) is 20.9 Å². The van der Waals surface area contributed by atoms with E-state index < -0.39 is 12.0 Å². The number of rotatable bonds is 5. The summed E-state index contributed by atoms with van der Waals surface area (Å²) in [5, 5.41) is 12.2. The predicted molar refractivity (Wildman–Crippen MR) is 70.3 cm³/mol. The third kappa shape index (κ3) is 2.38. The summed E-state index contributed by atoms with van der Waals surface area (Å²) in [7, 11) is 0. The van der Waals surface area contributed by atoms with Gasteiger partial charge in [-0.2, -0.15) is 0 Å². The van der Waals surface area contributed by atoms with Crippen LogP contribution in [0.4, 0.5) is 0 Å². The molecule has 3 N–H and O–H groups in total. The van der Waals surface area contributed by atoms with E-state index in [1.165, 1.54) is 0 Å². The van der Waals surface area contributed by atoms with Gasteiger partial charge in [-0.15, -0.1) is 0 Å². The lowest BCUT2D eigenvalue weighted by atomic mass is 10.1. The Morgan fingerprint density at radius 3 is 3.00 bits per heavy atom. The SMILES string of the molecule is O=CNC(Cc1c[nH]c2c(Br)cccc12)C(=O)O. The molecule has 0 fully saturated rings. The maximum atomic E-state index is 11.0. The monoisotopic (exact) mass is 310 g/mol. The summed E-state index contributed by atoms with van der Waals surface area (Å²) >= 11 is 3.42. The first-order valence-electron chi connectivity index (χ1n) is 5.30. The number of carbonyl (C=O) groups is 2. The van der Waals surface area contributed by atoms with Crippen LogP contribution in [-0.2, 0) is 16.0 Å². The zero-order valence-electron chi connectivity index (χ0n) is 9.31. The molecule has 0 bridgehead atoms. The number of carboxylic acid groups (broad SMARTS) is 1. The third-order valence-corrected chi connectivity index (χ3v) is 3.40. The zero-order valence-corrected chi connectivity index (χ0v) is 10.9. The van der Waals surface area contributed by atoms with Gasteiger partial charge in [0, 0.05) is 22.5 Å². The molecule has 1 atom stereocenters. The minimum Gasteiger partial charge on any atom is -0.480 e. The molecule has 6 heteroatoms. The lowest BCUT2D eigenvalue weighted by Gasteiger charge is -2.10. The van der Waals surface area contributed by atoms with Crippen molar-refractivity contribution in [1.29, 1.82) is 0 Å². The van der Waals surface area contributed by atoms with Crippen LogP contribution in [-0.4, -0.2) is 28.5 Å². The number of aromatic amines is 1. The molecular weight excluding hydrogens is 300 g/mol. The minimum atomic E-state index is -1.05. The van der Waals surface area contributed by atoms with Crippen LogP contribution in [0.2, 0.25) is 0 Å². The Bertz CT molecular complexity index is 594. The van der Waals surface area contributed by atoms with Gasteiger partial charge in [-0.3, -0.25) is 4.79 Å². The van der Waals surface area contributed by atoms with Crippen molar-refractivity contribution in [2.24, 2.45) is 0 Å². The van der Waals surface area contributed by atoms with Gasteiger partial charge in [0.25, 0.3) is 0 Å². The molecule has 94 valence electrons. The van der Waals surface area contributed by atoms with E-state index in [2.05, 4.69) is 26.2 Å². The second-order valence-electron chi connectivity index (χ2n) is 3.86. The second kappa shape index (κ2) is 5.22. The zero-order chi connectivity index (χ0) is 13.1. The van der Waals surface area contributed by atoms with E-state index in [9.17, 15) is 9.59 Å². The number of amides is 1. The highest BCUT2D eigenvalue weighted by Gasteiger charge is 2.18. The first-order chi connectivity index (χ1) is 8.63. The van der Waals surface area contributed by atoms with Crippen molar-refractivity contribution < 1.29 is 14.7 Å². The van der Waals surface area contributed by atoms with Crippen LogP contribution in [0.15, 0.2) is 28.9 Å². The normalized spacial score (nSPS) is 12.3. The second-order valence-corrected chi connectivity index (χ2v) is 4.71. The molecule has 1 aromatic heterocycles. The number of carbonyl (C=O) groups excluding carboxylic acids is 1. The Morgan fingerprint density at radius 2 is 2.33 bits per heavy atom. The molecule has 18 heavy (non-hydrogen) atoms. The van der Waals surface area contributed by atoms with Gasteiger partial charge in [0.2, 0.25) is 6.41 Å². The van der Waals surface area contributed by atoms with E-state index >= 15 is 0 Å². The van der Waals surface area contributed by atoms with Crippen LogP contribution in [0.3, 0.4) is 0 Å². The number of H-pyrrole nitrogens is 1. The summed E-state index contributed by atoms with van der Waals surface area (Å²) in [6.45, 7) is 0. The number of para-hydroxylation sites is 1. The topological polar surface area (TPSA) is 82.2 Å². The number of fused-ring (bicyclic) bond motifs is 1. The van der Waals surface area contributed by atoms with Crippen LogP contribution in [0.5, 0.6) is 0 Å². The molecule has 1 unspecified atom stereocenters. The van der Waals surface area contributed by atoms with E-state index in [1.807, 2.05) is 18.2 Å². The standard InChI is InChI=1S/C12H11BrN2O3/c13-9-3-1-2-8-7(5-14-11(8)9)4-10(12(17)18)15-6-16/h1-3,5-6,10,14H,4H2,(H,15,16)(H,17,18). The highest BCUT2D eigenvalue weighted by Crippen LogP contribution is 2.26. The lowest BCUT2D eigenvalue weighted by Crippen LogP contribution is -2.37. The van der Waals surface area contributed by atoms with Crippen molar-refractivity contribution in [2.75, 3.05) is 0 Å². The average molecular weight is 311 g/mol. The van der Waals surface area contributed by atoms with Crippen molar-refractivity contribution in [3.63, 3.8) is 0 Å². The van der Waals surface area contributed by atoms with Gasteiger partial charge in [-0.25, -0.2) is 4.79 Å². The van der Waals surface area contributed by atoms with Gasteiger partial charge >= 0.3 is 5.97 Å². The van der Waals surface area contributed by atoms with Crippen molar-refractivity contribution in [1.82, 2.24) is 10.3 Å². The molecule has 2 rings (SSSR count). The molecular formula is C12H11BrN2O3. The van der Waals surface area contributed by atoms with Gasteiger partial charge in [0.05, 0.1) is 5.52 Å². The van der Waals surface area contributed by atoms with Crippen LogP contribution in [0, 0.1) is 0 Å². The van der Waals surface area contributed by atoms with E-state index in [4.69, 9.17) is 5.11 Å². The fourth-order valence-electron chi connectivity index (χ4n) is 1.86. The van der Waals surface area contributed by atoms with Crippen LogP contribution in [0.1, 0.15) is 5.56 Å². The molecule has 1 heterocycles. The highest BCUT2D eigenvalue weighted by molar-refractivity contribution is 9.10. The quantitative estimate of drug-likeness (QED) is 0.735. The van der Waals surface area contributed by atoms with Gasteiger partial charge < -0.3 is 15.4 Å². The molecule has 0 spiro atoms. The van der Waals surface area contributed by atoms with Gasteiger partial charge in [0.1, 0.15) is 6.04 Å². The largest absolute Gasteiger partial charge is 0.480 e. The van der Waals surface area contributed by atoms with Crippen LogP contribution < -0.4 is 5.32 Å². The van der Waals surface area contributed by atoms with Crippen LogP contribution in [0.25, 0.3) is 10.9 Å². The molecule has 5 nitrogen and oxygen atoms in total. The van der Waals surface area contributed by atoms with E-state index in [1.54, 1.807) is 6.20 Å². The summed E-state index contributed by atoms with van der Waals surface area (Å²) in [4.78, 5) is 24.4. The first-order valence-corrected chi connectivity index (χ1v) is 6.09. The molecule has 0 radical (unpaired) electrons. The molecule has 0 saturated carbocycles. The molecule has 2 aromatic rings. The Morgan fingerprint density at radius 1 is 1.56 bits per heavy atom. The fraction of sp³-hybridized carbons (Fsp3) is 0.167. The fourth-order valence-corrected chi connectivity index (χ4v) is 2.34. The number of carboxylic acids is 1. The number of hydrogen-bond acceptors (Lipinski definition) is 2. The number of benzene rings is 1. The summed E-state index contributed by atoms with van der Waals surface area (Å²) in [6.07, 6.45) is 2.41. The molecule has 1 amide bonds. The van der Waals surface area contributed by atoms with Gasteiger partial charge in [0.15, 0.2) is 0 Å². The Kier molecular flexibility index (Phi) is 3.66.